The molecule has 3 N–H and O–H groups in total. The second kappa shape index (κ2) is 14.4. The van der Waals surface area contributed by atoms with E-state index in [1.807, 2.05) is 29.2 Å². The van der Waals surface area contributed by atoms with Gasteiger partial charge in [0.2, 0.25) is 11.8 Å². The Morgan fingerprint density at radius 1 is 0.848 bits per heavy atom. The highest BCUT2D eigenvalue weighted by molar-refractivity contribution is 9.11. The molecule has 1 unspecified atom stereocenters. The maximum absolute atomic E-state index is 14.1. The molecule has 2 aromatic carbocycles. The third-order valence-electron chi connectivity index (χ3n) is 10.2. The molecular weight excluding hydrogens is 716 g/mol. The van der Waals surface area contributed by atoms with Crippen molar-refractivity contribution in [2.45, 2.75) is 70.0 Å². The van der Waals surface area contributed by atoms with Crippen molar-refractivity contribution in [3.8, 4) is 0 Å². The van der Waals surface area contributed by atoms with E-state index in [-0.39, 0.29) is 36.1 Å². The summed E-state index contributed by atoms with van der Waals surface area (Å²) in [7, 11) is 0. The van der Waals surface area contributed by atoms with Gasteiger partial charge >= 0.3 is 6.03 Å². The number of hydrogen-bond donors (Lipinski definition) is 2. The average Bonchev–Trinajstić information content (AvgIpc) is 3.09. The largest absolute Gasteiger partial charge is 0.397 e. The number of Topliss-reactive ketones (excluding diaryl/α,β-unsaturated/α-hetero) is 1. The van der Waals surface area contributed by atoms with Crippen LogP contribution in [0.15, 0.2) is 45.3 Å². The van der Waals surface area contributed by atoms with Crippen LogP contribution in [0.1, 0.15) is 67.3 Å². The molecule has 246 valence electrons. The number of carbonyl (C=O) groups is 4. The molecule has 2 aromatic rings. The van der Waals surface area contributed by atoms with Gasteiger partial charge in [0.25, 0.3) is 0 Å². The zero-order valence-electron chi connectivity index (χ0n) is 26.1. The number of nitrogens with one attached hydrogen (secondary N) is 1. The van der Waals surface area contributed by atoms with Crippen LogP contribution in [-0.4, -0.2) is 94.6 Å². The van der Waals surface area contributed by atoms with Crippen molar-refractivity contribution in [2.75, 3.05) is 50.3 Å². The molecule has 0 saturated carbocycles. The molecule has 4 heterocycles. The maximum atomic E-state index is 14.1. The molecular formula is C34H42Br2N6O4. The van der Waals surface area contributed by atoms with E-state index in [1.165, 1.54) is 19.3 Å². The Kier molecular flexibility index (Phi) is 10.3. The first-order chi connectivity index (χ1) is 22.2. The topological polar surface area (TPSA) is 119 Å². The van der Waals surface area contributed by atoms with Gasteiger partial charge in [-0.3, -0.25) is 14.4 Å². The molecule has 3 saturated heterocycles. The number of para-hydroxylation sites is 1. The third kappa shape index (κ3) is 7.13. The van der Waals surface area contributed by atoms with Crippen LogP contribution >= 0.6 is 31.9 Å². The molecule has 10 nitrogen and oxygen atoms in total. The third-order valence-corrected chi connectivity index (χ3v) is 11.5. The van der Waals surface area contributed by atoms with Gasteiger partial charge in [0.1, 0.15) is 5.92 Å². The van der Waals surface area contributed by atoms with Gasteiger partial charge in [-0.15, -0.1) is 0 Å². The molecule has 0 bridgehead atoms. The molecule has 1 atom stereocenters. The van der Waals surface area contributed by atoms with Crippen LogP contribution in [0, 0.1) is 5.92 Å². The molecule has 12 heteroatoms. The summed E-state index contributed by atoms with van der Waals surface area (Å²) in [5, 5.41) is 2.98. The molecule has 6 rings (SSSR count). The summed E-state index contributed by atoms with van der Waals surface area (Å²) in [6.07, 6.45) is 6.56. The number of carbonyl (C=O) groups excluding carboxylic acids is 4. The molecule has 46 heavy (non-hydrogen) atoms. The molecule has 0 aromatic heterocycles. The van der Waals surface area contributed by atoms with E-state index in [9.17, 15) is 19.2 Å². The van der Waals surface area contributed by atoms with Crippen molar-refractivity contribution in [2.24, 2.45) is 5.92 Å². The SMILES string of the molecule is Nc1c(Br)cc(C(=O)C(CC(=O)N2CCC(N3Cc4ccccc4NC3=O)CC2)C(=O)N2CCC(N3CCCCC3)CC2)cc1Br. The zero-order chi connectivity index (χ0) is 32.4. The fraction of sp³-hybridized carbons (Fsp3) is 0.529. The number of ketones is 1. The quantitative estimate of drug-likeness (QED) is 0.219. The number of halogens is 2. The van der Waals surface area contributed by atoms with E-state index in [0.717, 1.165) is 37.2 Å². The van der Waals surface area contributed by atoms with Gasteiger partial charge in [0.05, 0.1) is 5.69 Å². The predicted molar refractivity (Wildman–Crippen MR) is 184 cm³/mol. The van der Waals surface area contributed by atoms with Crippen LogP contribution in [0.25, 0.3) is 0 Å². The van der Waals surface area contributed by atoms with Crippen LogP contribution in [0.4, 0.5) is 16.2 Å². The van der Waals surface area contributed by atoms with E-state index in [1.54, 1.807) is 21.9 Å². The van der Waals surface area contributed by atoms with Crippen molar-refractivity contribution >= 4 is 66.9 Å². The standard InChI is InChI=1S/C34H42Br2N6O4/c35-27-18-23(19-28(36)31(27)37)32(44)26(33(45)41-16-8-24(9-17-41)39-12-4-1-5-13-39)20-30(43)40-14-10-25(11-15-40)42-21-22-6-2-3-7-29(22)38-34(42)46/h2-3,6-7,18-19,24-26H,1,4-5,8-17,20-21,37H2,(H,38,46). The van der Waals surface area contributed by atoms with Crippen molar-refractivity contribution in [1.82, 2.24) is 19.6 Å². The number of fused-ring (bicyclic) bond motifs is 1. The number of nitrogens with two attached hydrogens (primary N) is 1. The molecule has 0 aliphatic carbocycles. The Morgan fingerprint density at radius 2 is 1.46 bits per heavy atom. The van der Waals surface area contributed by atoms with E-state index in [0.29, 0.717) is 71.8 Å². The number of benzene rings is 2. The van der Waals surface area contributed by atoms with Crippen molar-refractivity contribution in [3.63, 3.8) is 0 Å². The second-order valence-electron chi connectivity index (χ2n) is 13.0. The van der Waals surface area contributed by atoms with E-state index >= 15 is 0 Å². The lowest BCUT2D eigenvalue weighted by atomic mass is 9.90. The molecule has 4 aliphatic rings. The number of hydrogen-bond acceptors (Lipinski definition) is 6. The Balaban J connectivity index is 1.12. The monoisotopic (exact) mass is 756 g/mol. The first-order valence-corrected chi connectivity index (χ1v) is 18.0. The van der Waals surface area contributed by atoms with Crippen molar-refractivity contribution < 1.29 is 19.2 Å². The Morgan fingerprint density at radius 3 is 2.13 bits per heavy atom. The van der Waals surface area contributed by atoms with Crippen LogP contribution in [-0.2, 0) is 16.1 Å². The fourth-order valence-electron chi connectivity index (χ4n) is 7.42. The maximum Gasteiger partial charge on any atom is 0.322 e. The smallest absolute Gasteiger partial charge is 0.322 e. The number of urea groups is 1. The number of nitrogen functional groups attached to an aromatic ring is 1. The number of anilines is 2. The van der Waals surface area contributed by atoms with Gasteiger partial charge in [-0.05, 0) is 107 Å². The molecule has 0 radical (unpaired) electrons. The van der Waals surface area contributed by atoms with Gasteiger partial charge in [0, 0.05) is 71.4 Å². The summed E-state index contributed by atoms with van der Waals surface area (Å²) in [5.74, 6) is -1.99. The Hall–Kier alpha value is -2.96. The summed E-state index contributed by atoms with van der Waals surface area (Å²) in [6.45, 7) is 4.85. The lowest BCUT2D eigenvalue weighted by molar-refractivity contribution is -0.141. The zero-order valence-corrected chi connectivity index (χ0v) is 29.2. The summed E-state index contributed by atoms with van der Waals surface area (Å²) in [5.41, 5.74) is 8.78. The number of piperidine rings is 3. The lowest BCUT2D eigenvalue weighted by Gasteiger charge is -2.41. The normalized spacial score (nSPS) is 20.7. The first kappa shape index (κ1) is 33.0. The van der Waals surface area contributed by atoms with Gasteiger partial charge in [-0.2, -0.15) is 0 Å². The highest BCUT2D eigenvalue weighted by Gasteiger charge is 2.39. The minimum atomic E-state index is -1.12. The average molecular weight is 759 g/mol. The van der Waals surface area contributed by atoms with Gasteiger partial charge in [-0.1, -0.05) is 24.6 Å². The van der Waals surface area contributed by atoms with Gasteiger partial charge in [-0.25, -0.2) is 4.79 Å². The van der Waals surface area contributed by atoms with Crippen LogP contribution < -0.4 is 11.1 Å². The minimum Gasteiger partial charge on any atom is -0.397 e. The van der Waals surface area contributed by atoms with Gasteiger partial charge in [0.15, 0.2) is 5.78 Å². The number of amides is 4. The van der Waals surface area contributed by atoms with Crippen LogP contribution in [0.3, 0.4) is 0 Å². The highest BCUT2D eigenvalue weighted by atomic mass is 79.9. The Bertz CT molecular complexity index is 1460. The summed E-state index contributed by atoms with van der Waals surface area (Å²) in [4.78, 5) is 62.6. The van der Waals surface area contributed by atoms with Crippen molar-refractivity contribution in [3.05, 3.63) is 56.5 Å². The second-order valence-corrected chi connectivity index (χ2v) is 14.7. The molecule has 3 fully saturated rings. The number of nitrogens with zero attached hydrogens (tertiary/aromatic N) is 4. The molecule has 4 amide bonds. The van der Waals surface area contributed by atoms with Crippen LogP contribution in [0.2, 0.25) is 0 Å². The highest BCUT2D eigenvalue weighted by Crippen LogP contribution is 2.33. The summed E-state index contributed by atoms with van der Waals surface area (Å²) >= 11 is 6.85. The number of likely N-dealkylation sites (tertiary alicyclic amines) is 3. The molecule has 0 spiro atoms. The summed E-state index contributed by atoms with van der Waals surface area (Å²) in [6, 6.07) is 11.4. The fourth-order valence-corrected chi connectivity index (χ4v) is 8.61. The van der Waals surface area contributed by atoms with Gasteiger partial charge < -0.3 is 30.7 Å². The first-order valence-electron chi connectivity index (χ1n) is 16.4. The predicted octanol–water partition coefficient (Wildman–Crippen LogP) is 5.50. The number of rotatable bonds is 7. The minimum absolute atomic E-state index is 0.00199. The lowest BCUT2D eigenvalue weighted by Crippen LogP contribution is -2.52. The van der Waals surface area contributed by atoms with Crippen LogP contribution in [0.5, 0.6) is 0 Å². The Labute approximate surface area is 287 Å². The molecule has 4 aliphatic heterocycles. The van der Waals surface area contributed by atoms with E-state index < -0.39 is 5.92 Å². The van der Waals surface area contributed by atoms with Crippen molar-refractivity contribution in [1.29, 1.82) is 0 Å². The van der Waals surface area contributed by atoms with E-state index in [4.69, 9.17) is 5.73 Å². The van der Waals surface area contributed by atoms with E-state index in [2.05, 4.69) is 42.1 Å². The summed E-state index contributed by atoms with van der Waals surface area (Å²) < 4.78 is 1.10.